The molecule has 3 unspecified atom stereocenters. The van der Waals surface area contributed by atoms with Crippen molar-refractivity contribution in [3.05, 3.63) is 29.8 Å². The summed E-state index contributed by atoms with van der Waals surface area (Å²) in [6, 6.07) is 5.91. The first-order chi connectivity index (χ1) is 19.2. The van der Waals surface area contributed by atoms with Crippen molar-refractivity contribution in [3.8, 4) is 11.5 Å². The Morgan fingerprint density at radius 2 is 1.72 bits per heavy atom. The first-order valence-electron chi connectivity index (χ1n) is 15.7. The van der Waals surface area contributed by atoms with E-state index in [1.165, 1.54) is 95.6 Å². The number of rotatable bonds is 7. The minimum atomic E-state index is 0.0471. The molecule has 3 aliphatic heterocycles. The molecule has 3 atom stereocenters. The molecule has 1 amide bonds. The summed E-state index contributed by atoms with van der Waals surface area (Å²) in [5, 5.41) is 0. The average Bonchev–Trinajstić information content (AvgIpc) is 3.64. The summed E-state index contributed by atoms with van der Waals surface area (Å²) in [6.07, 6.45) is 22.4. The Kier molecular flexibility index (Phi) is 9.06. The molecule has 2 N–H and O–H groups in total. The van der Waals surface area contributed by atoms with Gasteiger partial charge in [-0.15, -0.1) is 0 Å². The Balaban J connectivity index is 1.27. The van der Waals surface area contributed by atoms with Gasteiger partial charge in [0.25, 0.3) is 0 Å². The van der Waals surface area contributed by atoms with Gasteiger partial charge in [0.05, 0.1) is 6.17 Å². The SMILES string of the molecule is O=C(/C=C/c1ccc2c(c1)OCO2)N(CC1(C2CCCCCC2)CCCS1)C1NNCC1C1CCCCCC1. The van der Waals surface area contributed by atoms with Crippen molar-refractivity contribution in [1.82, 2.24) is 15.8 Å². The number of benzene rings is 1. The number of hydrazine groups is 1. The predicted molar refractivity (Wildman–Crippen MR) is 159 cm³/mol. The van der Waals surface area contributed by atoms with Crippen LogP contribution in [0.4, 0.5) is 0 Å². The number of amides is 1. The zero-order valence-electron chi connectivity index (χ0n) is 23.5. The fourth-order valence-electron chi connectivity index (χ4n) is 7.95. The maximum Gasteiger partial charge on any atom is 0.247 e. The molecule has 0 radical (unpaired) electrons. The van der Waals surface area contributed by atoms with Crippen LogP contribution in [0.15, 0.2) is 24.3 Å². The molecule has 3 heterocycles. The summed E-state index contributed by atoms with van der Waals surface area (Å²) in [6.45, 7) is 2.07. The normalized spacial score (nSPS) is 30.5. The van der Waals surface area contributed by atoms with Gasteiger partial charge in [0.15, 0.2) is 11.5 Å². The highest BCUT2D eigenvalue weighted by Crippen LogP contribution is 2.49. The van der Waals surface area contributed by atoms with Crippen LogP contribution >= 0.6 is 11.8 Å². The lowest BCUT2D eigenvalue weighted by atomic mass is 9.80. The van der Waals surface area contributed by atoms with E-state index < -0.39 is 0 Å². The second-order valence-corrected chi connectivity index (χ2v) is 14.0. The van der Waals surface area contributed by atoms with Crippen LogP contribution in [-0.2, 0) is 4.79 Å². The lowest BCUT2D eigenvalue weighted by Crippen LogP contribution is -2.56. The van der Waals surface area contributed by atoms with Crippen LogP contribution in [0.2, 0.25) is 0 Å². The highest BCUT2D eigenvalue weighted by molar-refractivity contribution is 8.00. The number of nitrogens with one attached hydrogen (secondary N) is 2. The molecule has 0 bridgehead atoms. The van der Waals surface area contributed by atoms with Gasteiger partial charge in [0.2, 0.25) is 12.7 Å². The molecule has 7 heteroatoms. The van der Waals surface area contributed by atoms with Gasteiger partial charge >= 0.3 is 0 Å². The molecule has 2 saturated heterocycles. The van der Waals surface area contributed by atoms with Crippen LogP contribution in [0, 0.1) is 17.8 Å². The molecule has 0 aromatic heterocycles. The quantitative estimate of drug-likeness (QED) is 0.296. The number of thioether (sulfide) groups is 1. The second kappa shape index (κ2) is 12.9. The third-order valence-electron chi connectivity index (χ3n) is 10.1. The Morgan fingerprint density at radius 1 is 0.974 bits per heavy atom. The van der Waals surface area contributed by atoms with Crippen molar-refractivity contribution in [2.45, 2.75) is 101 Å². The van der Waals surface area contributed by atoms with Gasteiger partial charge in [-0.2, -0.15) is 11.8 Å². The topological polar surface area (TPSA) is 62.8 Å². The second-order valence-electron chi connectivity index (χ2n) is 12.5. The lowest BCUT2D eigenvalue weighted by Gasteiger charge is -2.44. The number of carbonyl (C=O) groups excluding carboxylic acids is 1. The number of ether oxygens (including phenoxy) is 2. The fraction of sp³-hybridized carbons (Fsp3) is 0.719. The summed E-state index contributed by atoms with van der Waals surface area (Å²) in [5.41, 5.74) is 8.09. The van der Waals surface area contributed by atoms with Crippen molar-refractivity contribution in [3.63, 3.8) is 0 Å². The Hall–Kier alpha value is -1.70. The Bertz CT molecular complexity index is 994. The average molecular weight is 554 g/mol. The van der Waals surface area contributed by atoms with Crippen LogP contribution in [0.3, 0.4) is 0 Å². The van der Waals surface area contributed by atoms with Crippen molar-refractivity contribution in [1.29, 1.82) is 0 Å². The van der Waals surface area contributed by atoms with Gasteiger partial charge in [0, 0.05) is 29.8 Å². The van der Waals surface area contributed by atoms with Crippen molar-refractivity contribution >= 4 is 23.7 Å². The number of hydrogen-bond donors (Lipinski definition) is 2. The monoisotopic (exact) mass is 553 g/mol. The fourth-order valence-corrected chi connectivity index (χ4v) is 9.64. The molecule has 214 valence electrons. The van der Waals surface area contributed by atoms with E-state index in [0.717, 1.165) is 30.2 Å². The largest absolute Gasteiger partial charge is 0.454 e. The van der Waals surface area contributed by atoms with Crippen LogP contribution < -0.4 is 20.3 Å². The highest BCUT2D eigenvalue weighted by Gasteiger charge is 2.47. The molecular weight excluding hydrogens is 506 g/mol. The number of hydrogen-bond acceptors (Lipinski definition) is 6. The molecule has 6 nitrogen and oxygen atoms in total. The molecule has 1 aromatic carbocycles. The maximum atomic E-state index is 14.2. The van der Waals surface area contributed by atoms with E-state index in [2.05, 4.69) is 27.5 Å². The summed E-state index contributed by atoms with van der Waals surface area (Å²) in [7, 11) is 0. The van der Waals surface area contributed by atoms with Gasteiger partial charge < -0.3 is 14.4 Å². The van der Waals surface area contributed by atoms with E-state index in [4.69, 9.17) is 9.47 Å². The lowest BCUT2D eigenvalue weighted by molar-refractivity contribution is -0.130. The zero-order chi connectivity index (χ0) is 26.5. The van der Waals surface area contributed by atoms with E-state index in [-0.39, 0.29) is 23.6 Å². The first-order valence-corrected chi connectivity index (χ1v) is 16.7. The summed E-state index contributed by atoms with van der Waals surface area (Å²) in [5.74, 6) is 4.75. The van der Waals surface area contributed by atoms with E-state index in [1.807, 2.05) is 30.4 Å². The minimum absolute atomic E-state index is 0.0471. The van der Waals surface area contributed by atoms with E-state index in [9.17, 15) is 4.79 Å². The van der Waals surface area contributed by atoms with Crippen molar-refractivity contribution in [2.24, 2.45) is 17.8 Å². The maximum absolute atomic E-state index is 14.2. The summed E-state index contributed by atoms with van der Waals surface area (Å²) < 4.78 is 11.2. The van der Waals surface area contributed by atoms with Crippen LogP contribution in [-0.4, -0.2) is 47.4 Å². The molecule has 4 fully saturated rings. The van der Waals surface area contributed by atoms with Gasteiger partial charge in [-0.1, -0.05) is 70.3 Å². The minimum Gasteiger partial charge on any atom is -0.454 e. The predicted octanol–water partition coefficient (Wildman–Crippen LogP) is 6.51. The molecule has 1 aromatic rings. The third kappa shape index (κ3) is 6.31. The third-order valence-corrected chi connectivity index (χ3v) is 11.8. The standard InChI is InChI=1S/C32H47N3O3S/c36-30(17-15-24-14-16-28-29(20-24)38-23-37-28)35(31-27(21-33-34-31)25-10-5-1-2-6-11-25)22-32(18-9-19-39-32)26-12-7-3-4-8-13-26/h14-17,20,25-27,31,33-34H,1-13,18-19,21-23H2/b17-15+. The Labute approximate surface area is 239 Å². The summed E-state index contributed by atoms with van der Waals surface area (Å²) in [4.78, 5) is 16.5. The van der Waals surface area contributed by atoms with Gasteiger partial charge in [-0.25, -0.2) is 5.43 Å². The molecule has 39 heavy (non-hydrogen) atoms. The van der Waals surface area contributed by atoms with Gasteiger partial charge in [-0.05, 0) is 67.0 Å². The first kappa shape index (κ1) is 27.5. The van der Waals surface area contributed by atoms with E-state index in [0.29, 0.717) is 17.8 Å². The van der Waals surface area contributed by atoms with E-state index in [1.54, 1.807) is 0 Å². The number of nitrogens with zero attached hydrogens (tertiary/aromatic N) is 1. The smallest absolute Gasteiger partial charge is 0.247 e. The van der Waals surface area contributed by atoms with Gasteiger partial charge in [0.1, 0.15) is 0 Å². The van der Waals surface area contributed by atoms with Crippen LogP contribution in [0.25, 0.3) is 6.08 Å². The van der Waals surface area contributed by atoms with Crippen LogP contribution in [0.5, 0.6) is 11.5 Å². The van der Waals surface area contributed by atoms with Gasteiger partial charge in [-0.3, -0.25) is 10.2 Å². The highest BCUT2D eigenvalue weighted by atomic mass is 32.2. The zero-order valence-corrected chi connectivity index (χ0v) is 24.3. The molecule has 0 spiro atoms. The number of carbonyl (C=O) groups is 1. The molecule has 5 aliphatic rings. The molecule has 2 aliphatic carbocycles. The number of fused-ring (bicyclic) bond motifs is 1. The molecular formula is C32H47N3O3S. The molecule has 2 saturated carbocycles. The van der Waals surface area contributed by atoms with Crippen molar-refractivity contribution < 1.29 is 14.3 Å². The molecule has 6 rings (SSSR count). The summed E-state index contributed by atoms with van der Waals surface area (Å²) >= 11 is 2.18. The van der Waals surface area contributed by atoms with Crippen LogP contribution in [0.1, 0.15) is 95.5 Å². The van der Waals surface area contributed by atoms with Crippen molar-refractivity contribution in [2.75, 3.05) is 25.6 Å². The Morgan fingerprint density at radius 3 is 2.46 bits per heavy atom. The van der Waals surface area contributed by atoms with E-state index >= 15 is 0 Å².